The highest BCUT2D eigenvalue weighted by molar-refractivity contribution is 5.99. The molecule has 142 valence electrons. The molecule has 3 rings (SSSR count). The summed E-state index contributed by atoms with van der Waals surface area (Å²) in [5.74, 6) is -1.00. The molecule has 0 aromatic heterocycles. The van der Waals surface area contributed by atoms with E-state index in [0.717, 1.165) is 0 Å². The Morgan fingerprint density at radius 2 is 1.37 bits per heavy atom. The van der Waals surface area contributed by atoms with Crippen LogP contribution in [0.3, 0.4) is 0 Å². The van der Waals surface area contributed by atoms with Gasteiger partial charge >= 0.3 is 12.4 Å². The van der Waals surface area contributed by atoms with Gasteiger partial charge in [-0.2, -0.15) is 26.3 Å². The largest absolute Gasteiger partial charge is 0.416 e. The molecule has 1 N–H and O–H groups in total. The summed E-state index contributed by atoms with van der Waals surface area (Å²) in [5.41, 5.74) is -2.57. The second-order valence-electron chi connectivity index (χ2n) is 6.11. The number of hydrogen-bond donors (Lipinski definition) is 1. The van der Waals surface area contributed by atoms with E-state index >= 15 is 0 Å². The van der Waals surface area contributed by atoms with Gasteiger partial charge in [0.1, 0.15) is 0 Å². The van der Waals surface area contributed by atoms with Crippen LogP contribution in [0.2, 0.25) is 0 Å². The van der Waals surface area contributed by atoms with Crippen LogP contribution in [0.5, 0.6) is 0 Å². The molecule has 0 spiro atoms. The fraction of sp³-hybridized carbons (Fsp3) is 0.211. The molecule has 1 aliphatic carbocycles. The summed E-state index contributed by atoms with van der Waals surface area (Å²) >= 11 is 0. The average Bonchev–Trinajstić information content (AvgIpc) is 2.94. The average molecular weight is 385 g/mol. The number of carbonyl (C=O) groups is 1. The third kappa shape index (κ3) is 4.15. The molecular formula is C19H13F6NO. The number of anilines is 1. The van der Waals surface area contributed by atoms with Crippen molar-refractivity contribution < 1.29 is 31.1 Å². The number of alkyl halides is 6. The molecule has 2 aromatic rings. The van der Waals surface area contributed by atoms with E-state index in [1.54, 1.807) is 30.3 Å². The third-order valence-electron chi connectivity index (χ3n) is 4.21. The molecule has 0 aliphatic heterocycles. The molecule has 0 heterocycles. The Bertz CT molecular complexity index is 838. The molecule has 2 aromatic carbocycles. The summed E-state index contributed by atoms with van der Waals surface area (Å²) in [6.07, 6.45) is -7.16. The monoisotopic (exact) mass is 385 g/mol. The smallest absolute Gasteiger partial charge is 0.378 e. The van der Waals surface area contributed by atoms with E-state index in [9.17, 15) is 31.1 Å². The summed E-state index contributed by atoms with van der Waals surface area (Å²) in [4.78, 5) is 12.1. The Morgan fingerprint density at radius 3 is 1.89 bits per heavy atom. The quantitative estimate of drug-likeness (QED) is 0.714. The van der Waals surface area contributed by atoms with Gasteiger partial charge < -0.3 is 5.32 Å². The molecule has 0 bridgehead atoms. The number of hydrogen-bond acceptors (Lipinski definition) is 2. The fourth-order valence-electron chi connectivity index (χ4n) is 2.98. The van der Waals surface area contributed by atoms with E-state index in [2.05, 4.69) is 5.32 Å². The number of rotatable bonds is 3. The fourth-order valence-corrected chi connectivity index (χ4v) is 2.98. The van der Waals surface area contributed by atoms with E-state index in [4.69, 9.17) is 0 Å². The highest BCUT2D eigenvalue weighted by Crippen LogP contribution is 2.38. The van der Waals surface area contributed by atoms with Crippen LogP contribution in [0.15, 0.2) is 60.7 Å². The first kappa shape index (κ1) is 19.0. The predicted molar refractivity (Wildman–Crippen MR) is 87.2 cm³/mol. The van der Waals surface area contributed by atoms with Gasteiger partial charge in [-0.1, -0.05) is 36.4 Å². The molecule has 0 saturated heterocycles. The minimum absolute atomic E-state index is 0.0650. The lowest BCUT2D eigenvalue weighted by Gasteiger charge is -2.22. The van der Waals surface area contributed by atoms with Crippen molar-refractivity contribution in [3.8, 4) is 0 Å². The van der Waals surface area contributed by atoms with E-state index in [1.807, 2.05) is 0 Å². The molecule has 0 radical (unpaired) electrons. The zero-order valence-corrected chi connectivity index (χ0v) is 13.6. The second-order valence-corrected chi connectivity index (χ2v) is 6.11. The second kappa shape index (κ2) is 6.75. The van der Waals surface area contributed by atoms with E-state index in [1.165, 1.54) is 12.2 Å². The van der Waals surface area contributed by atoms with Crippen molar-refractivity contribution in [2.45, 2.75) is 24.3 Å². The minimum atomic E-state index is -4.93. The molecule has 0 amide bonds. The van der Waals surface area contributed by atoms with Crippen LogP contribution in [0, 0.1) is 0 Å². The summed E-state index contributed by atoms with van der Waals surface area (Å²) in [7, 11) is 0. The third-order valence-corrected chi connectivity index (χ3v) is 4.21. The van der Waals surface area contributed by atoms with Gasteiger partial charge in [0.15, 0.2) is 5.78 Å². The summed E-state index contributed by atoms with van der Waals surface area (Å²) in [6.45, 7) is 0. The van der Waals surface area contributed by atoms with Crippen molar-refractivity contribution in [1.29, 1.82) is 0 Å². The van der Waals surface area contributed by atoms with Crippen LogP contribution in [0.4, 0.5) is 32.0 Å². The van der Waals surface area contributed by atoms with Gasteiger partial charge in [-0.3, -0.25) is 4.79 Å². The number of benzene rings is 2. The van der Waals surface area contributed by atoms with Gasteiger partial charge in [-0.05, 0) is 29.8 Å². The van der Waals surface area contributed by atoms with Crippen LogP contribution in [0.1, 0.15) is 22.6 Å². The van der Waals surface area contributed by atoms with E-state index < -0.39 is 35.4 Å². The molecule has 2 nitrogen and oxygen atoms in total. The van der Waals surface area contributed by atoms with Crippen LogP contribution < -0.4 is 5.32 Å². The Balaban J connectivity index is 1.97. The van der Waals surface area contributed by atoms with E-state index in [-0.39, 0.29) is 17.5 Å². The number of carbonyl (C=O) groups excluding carboxylic acids is 1. The molecule has 0 unspecified atom stereocenters. The van der Waals surface area contributed by atoms with Crippen LogP contribution in [-0.2, 0) is 17.1 Å². The molecule has 27 heavy (non-hydrogen) atoms. The zero-order valence-electron chi connectivity index (χ0n) is 13.6. The molecule has 8 heteroatoms. The highest BCUT2D eigenvalue weighted by Gasteiger charge is 2.38. The maximum absolute atomic E-state index is 13.0. The van der Waals surface area contributed by atoms with Crippen molar-refractivity contribution in [3.63, 3.8) is 0 Å². The van der Waals surface area contributed by atoms with Crippen molar-refractivity contribution in [2.24, 2.45) is 0 Å². The summed E-state index contributed by atoms with van der Waals surface area (Å²) in [5, 5.41) is 2.64. The van der Waals surface area contributed by atoms with Gasteiger partial charge in [0.2, 0.25) is 0 Å². The predicted octanol–water partition coefficient (Wildman–Crippen LogP) is 5.43. The first-order valence-corrected chi connectivity index (χ1v) is 7.89. The van der Waals surface area contributed by atoms with Crippen LogP contribution in [-0.4, -0.2) is 11.8 Å². The van der Waals surface area contributed by atoms with Gasteiger partial charge in [0.25, 0.3) is 0 Å². The van der Waals surface area contributed by atoms with Crippen LogP contribution >= 0.6 is 0 Å². The lowest BCUT2D eigenvalue weighted by Crippen LogP contribution is -2.26. The van der Waals surface area contributed by atoms with Gasteiger partial charge in [0.05, 0.1) is 23.1 Å². The van der Waals surface area contributed by atoms with Gasteiger partial charge in [-0.25, -0.2) is 0 Å². The van der Waals surface area contributed by atoms with Crippen LogP contribution in [0.25, 0.3) is 0 Å². The van der Waals surface area contributed by atoms with Crippen molar-refractivity contribution in [1.82, 2.24) is 0 Å². The zero-order chi connectivity index (χ0) is 19.8. The standard InChI is InChI=1S/C19H13F6NO/c20-18(21,22)12-8-13(19(23,24)25)10-14(9-12)26-15-6-7-16(27)17(15)11-4-2-1-3-5-11/h1-10,15,17,26H/t15-,17+/m1/s1. The molecule has 2 atom stereocenters. The molecule has 0 fully saturated rings. The van der Waals surface area contributed by atoms with Crippen molar-refractivity contribution >= 4 is 11.5 Å². The van der Waals surface area contributed by atoms with Gasteiger partial charge in [-0.15, -0.1) is 0 Å². The lowest BCUT2D eigenvalue weighted by molar-refractivity contribution is -0.143. The summed E-state index contributed by atoms with van der Waals surface area (Å²) < 4.78 is 77.9. The molecular weight excluding hydrogens is 372 g/mol. The lowest BCUT2D eigenvalue weighted by atomic mass is 9.92. The topological polar surface area (TPSA) is 29.1 Å². The van der Waals surface area contributed by atoms with Crippen molar-refractivity contribution in [2.75, 3.05) is 5.32 Å². The maximum atomic E-state index is 13.0. The number of nitrogens with one attached hydrogen (secondary N) is 1. The normalized spacial score (nSPS) is 20.1. The number of ketones is 1. The van der Waals surface area contributed by atoms with E-state index in [0.29, 0.717) is 17.7 Å². The summed E-state index contributed by atoms with van der Waals surface area (Å²) in [6, 6.07) is 9.01. The Hall–Kier alpha value is -2.77. The molecule has 0 saturated carbocycles. The Labute approximate surface area is 150 Å². The SMILES string of the molecule is O=C1C=C[C@@H](Nc2cc(C(F)(F)F)cc(C(F)(F)F)c2)[C@@H]1c1ccccc1. The van der Waals surface area contributed by atoms with Crippen molar-refractivity contribution in [3.05, 3.63) is 77.4 Å². The maximum Gasteiger partial charge on any atom is 0.416 e. The van der Waals surface area contributed by atoms with Gasteiger partial charge in [0, 0.05) is 5.69 Å². The number of halogens is 6. The first-order valence-electron chi connectivity index (χ1n) is 7.89. The Kier molecular flexibility index (Phi) is 4.75. The highest BCUT2D eigenvalue weighted by atomic mass is 19.4. The molecule has 1 aliphatic rings. The minimum Gasteiger partial charge on any atom is -0.378 e. The Morgan fingerprint density at radius 1 is 0.815 bits per heavy atom. The number of allylic oxidation sites excluding steroid dienone is 1. The first-order chi connectivity index (χ1) is 12.6.